The number of hydrogen-bond donors (Lipinski definition) is 2. The van der Waals surface area contributed by atoms with Crippen LogP contribution in [0.1, 0.15) is 18.4 Å². The first-order chi connectivity index (χ1) is 8.82. The number of anilines is 1. The average molecular weight is 288 g/mol. The van der Waals surface area contributed by atoms with Crippen molar-refractivity contribution in [3.8, 4) is 0 Å². The number of aliphatic hydroxyl groups is 1. The summed E-state index contributed by atoms with van der Waals surface area (Å²) in [6.45, 7) is 1.86. The maximum atomic E-state index is 14.0. The molecule has 0 unspecified atom stereocenters. The highest BCUT2D eigenvalue weighted by molar-refractivity contribution is 7.89. The lowest BCUT2D eigenvalue weighted by molar-refractivity contribution is 0.113. The monoisotopic (exact) mass is 288 g/mol. The van der Waals surface area contributed by atoms with Crippen LogP contribution < -0.4 is 5.73 Å². The molecule has 1 aromatic carbocycles. The number of rotatable bonds is 2. The van der Waals surface area contributed by atoms with Gasteiger partial charge in [0.2, 0.25) is 10.0 Å². The quantitative estimate of drug-likeness (QED) is 0.791. The highest BCUT2D eigenvalue weighted by Crippen LogP contribution is 2.26. The van der Waals surface area contributed by atoms with Crippen molar-refractivity contribution in [3.63, 3.8) is 0 Å². The zero-order valence-corrected chi connectivity index (χ0v) is 11.5. The fourth-order valence-corrected chi connectivity index (χ4v) is 3.82. The van der Waals surface area contributed by atoms with Gasteiger partial charge in [0.15, 0.2) is 0 Å². The van der Waals surface area contributed by atoms with Crippen LogP contribution in [0.15, 0.2) is 17.0 Å². The predicted molar refractivity (Wildman–Crippen MR) is 69.5 cm³/mol. The number of nitrogens with two attached hydrogens (primary N) is 1. The van der Waals surface area contributed by atoms with Crippen molar-refractivity contribution in [3.05, 3.63) is 23.5 Å². The zero-order chi connectivity index (χ0) is 14.2. The molecule has 0 amide bonds. The van der Waals surface area contributed by atoms with Gasteiger partial charge in [0.25, 0.3) is 0 Å². The van der Waals surface area contributed by atoms with Crippen molar-refractivity contribution in [1.82, 2.24) is 4.31 Å². The molecule has 1 aliphatic heterocycles. The van der Waals surface area contributed by atoms with Gasteiger partial charge in [0.05, 0.1) is 6.10 Å². The first-order valence-corrected chi connectivity index (χ1v) is 7.50. The van der Waals surface area contributed by atoms with E-state index in [1.165, 1.54) is 17.3 Å². The molecule has 0 aliphatic carbocycles. The summed E-state index contributed by atoms with van der Waals surface area (Å²) in [5.41, 5.74) is 6.01. The van der Waals surface area contributed by atoms with Crippen molar-refractivity contribution in [2.24, 2.45) is 0 Å². The summed E-state index contributed by atoms with van der Waals surface area (Å²) in [5.74, 6) is -0.764. The van der Waals surface area contributed by atoms with Gasteiger partial charge < -0.3 is 10.8 Å². The van der Waals surface area contributed by atoms with E-state index >= 15 is 0 Å². The van der Waals surface area contributed by atoms with E-state index < -0.39 is 21.9 Å². The van der Waals surface area contributed by atoms with Gasteiger partial charge in [-0.05, 0) is 37.5 Å². The van der Waals surface area contributed by atoms with Gasteiger partial charge in [0, 0.05) is 18.8 Å². The molecule has 3 N–H and O–H groups in total. The van der Waals surface area contributed by atoms with Crippen LogP contribution in [-0.2, 0) is 10.0 Å². The number of benzene rings is 1. The Morgan fingerprint density at radius 2 is 1.95 bits per heavy atom. The maximum Gasteiger partial charge on any atom is 0.246 e. The van der Waals surface area contributed by atoms with Crippen molar-refractivity contribution >= 4 is 15.7 Å². The molecule has 0 saturated carbocycles. The van der Waals surface area contributed by atoms with Crippen LogP contribution in [0.5, 0.6) is 0 Å². The Balaban J connectivity index is 2.40. The molecule has 1 heterocycles. The lowest BCUT2D eigenvalue weighted by atomic mass is 10.1. The van der Waals surface area contributed by atoms with E-state index in [2.05, 4.69) is 0 Å². The Hall–Kier alpha value is -1.18. The highest BCUT2D eigenvalue weighted by Gasteiger charge is 2.31. The molecule has 5 nitrogen and oxygen atoms in total. The van der Waals surface area contributed by atoms with Crippen LogP contribution in [0.3, 0.4) is 0 Å². The SMILES string of the molecule is Cc1cc(N)cc(S(=O)(=O)N2CCC(O)CC2)c1F. The summed E-state index contributed by atoms with van der Waals surface area (Å²) >= 11 is 0. The third-order valence-electron chi connectivity index (χ3n) is 3.28. The Labute approximate surface area is 111 Å². The van der Waals surface area contributed by atoms with E-state index in [1.807, 2.05) is 0 Å². The third-order valence-corrected chi connectivity index (χ3v) is 5.18. The smallest absolute Gasteiger partial charge is 0.246 e. The van der Waals surface area contributed by atoms with E-state index in [4.69, 9.17) is 5.73 Å². The Morgan fingerprint density at radius 1 is 1.37 bits per heavy atom. The normalized spacial score (nSPS) is 18.7. The summed E-state index contributed by atoms with van der Waals surface area (Å²) in [4.78, 5) is -0.388. The molecule has 106 valence electrons. The van der Waals surface area contributed by atoms with Crippen LogP contribution in [0.2, 0.25) is 0 Å². The molecule has 0 aromatic heterocycles. The van der Waals surface area contributed by atoms with E-state index in [0.717, 1.165) is 6.07 Å². The highest BCUT2D eigenvalue weighted by atomic mass is 32.2. The fourth-order valence-electron chi connectivity index (χ4n) is 2.17. The van der Waals surface area contributed by atoms with Gasteiger partial charge in [-0.1, -0.05) is 0 Å². The first kappa shape index (κ1) is 14.2. The lowest BCUT2D eigenvalue weighted by Gasteiger charge is -2.29. The summed E-state index contributed by atoms with van der Waals surface area (Å²) in [5, 5.41) is 9.39. The second-order valence-corrected chi connectivity index (χ2v) is 6.69. The summed E-state index contributed by atoms with van der Waals surface area (Å²) in [7, 11) is -3.89. The molecular formula is C12H17FN2O3S. The Kier molecular flexibility index (Phi) is 3.80. The second kappa shape index (κ2) is 5.07. The minimum absolute atomic E-state index is 0.191. The molecule has 0 radical (unpaired) electrons. The number of sulfonamides is 1. The standard InChI is InChI=1S/C12H17FN2O3S/c1-8-6-9(14)7-11(12(8)13)19(17,18)15-4-2-10(16)3-5-15/h6-7,10,16H,2-5,14H2,1H3. The maximum absolute atomic E-state index is 14.0. The summed E-state index contributed by atoms with van der Waals surface area (Å²) in [6, 6.07) is 2.54. The molecule has 1 fully saturated rings. The molecule has 1 aromatic rings. The minimum atomic E-state index is -3.89. The first-order valence-electron chi connectivity index (χ1n) is 6.06. The molecule has 2 rings (SSSR count). The van der Waals surface area contributed by atoms with Gasteiger partial charge in [0.1, 0.15) is 10.7 Å². The number of halogens is 1. The average Bonchev–Trinajstić information content (AvgIpc) is 2.34. The lowest BCUT2D eigenvalue weighted by Crippen LogP contribution is -2.40. The van der Waals surface area contributed by atoms with E-state index in [9.17, 15) is 17.9 Å². The number of nitrogen functional groups attached to an aromatic ring is 1. The minimum Gasteiger partial charge on any atom is -0.399 e. The molecule has 0 spiro atoms. The molecule has 19 heavy (non-hydrogen) atoms. The van der Waals surface area contributed by atoms with Crippen LogP contribution >= 0.6 is 0 Å². The van der Waals surface area contributed by atoms with Crippen LogP contribution in [-0.4, -0.2) is 37.0 Å². The Morgan fingerprint density at radius 3 is 2.53 bits per heavy atom. The molecule has 0 atom stereocenters. The second-order valence-electron chi connectivity index (χ2n) is 4.79. The van der Waals surface area contributed by atoms with Crippen molar-refractivity contribution in [2.75, 3.05) is 18.8 Å². The topological polar surface area (TPSA) is 83.6 Å². The van der Waals surface area contributed by atoms with Crippen molar-refractivity contribution in [1.29, 1.82) is 0 Å². The molecular weight excluding hydrogens is 271 g/mol. The predicted octanol–water partition coefficient (Wildman–Crippen LogP) is 0.862. The number of piperidine rings is 1. The van der Waals surface area contributed by atoms with Gasteiger partial charge in [-0.25, -0.2) is 12.8 Å². The number of aryl methyl sites for hydroxylation is 1. The molecule has 1 aliphatic rings. The number of aliphatic hydroxyl groups excluding tert-OH is 1. The van der Waals surface area contributed by atoms with Crippen molar-refractivity contribution in [2.45, 2.75) is 30.8 Å². The van der Waals surface area contributed by atoms with Gasteiger partial charge >= 0.3 is 0 Å². The molecule has 0 bridgehead atoms. The fraction of sp³-hybridized carbons (Fsp3) is 0.500. The van der Waals surface area contributed by atoms with Gasteiger partial charge in [-0.15, -0.1) is 0 Å². The van der Waals surface area contributed by atoms with Crippen LogP contribution in [0, 0.1) is 12.7 Å². The van der Waals surface area contributed by atoms with E-state index in [-0.39, 0.29) is 29.2 Å². The largest absolute Gasteiger partial charge is 0.399 e. The van der Waals surface area contributed by atoms with Crippen molar-refractivity contribution < 1.29 is 17.9 Å². The van der Waals surface area contributed by atoms with Gasteiger partial charge in [-0.3, -0.25) is 0 Å². The van der Waals surface area contributed by atoms with E-state index in [0.29, 0.717) is 12.8 Å². The number of hydrogen-bond acceptors (Lipinski definition) is 4. The van der Waals surface area contributed by atoms with Gasteiger partial charge in [-0.2, -0.15) is 4.31 Å². The third kappa shape index (κ3) is 2.72. The Bertz CT molecular complexity index is 581. The molecule has 7 heteroatoms. The van der Waals surface area contributed by atoms with Crippen LogP contribution in [0.4, 0.5) is 10.1 Å². The van der Waals surface area contributed by atoms with Crippen LogP contribution in [0.25, 0.3) is 0 Å². The summed E-state index contributed by atoms with van der Waals surface area (Å²) < 4.78 is 39.9. The zero-order valence-electron chi connectivity index (χ0n) is 10.6. The molecule has 1 saturated heterocycles. The number of nitrogens with zero attached hydrogens (tertiary/aromatic N) is 1. The summed E-state index contributed by atoms with van der Waals surface area (Å²) in [6.07, 6.45) is 0.239. The van der Waals surface area contributed by atoms with E-state index in [1.54, 1.807) is 0 Å².